The fourth-order valence-electron chi connectivity index (χ4n) is 2.47. The van der Waals surface area contributed by atoms with Gasteiger partial charge in [-0.1, -0.05) is 13.3 Å². The molecule has 1 aromatic carbocycles. The number of aromatic hydroxyl groups is 3. The van der Waals surface area contributed by atoms with Crippen LogP contribution in [0.15, 0.2) is 6.07 Å². The molecule has 7 heteroatoms. The summed E-state index contributed by atoms with van der Waals surface area (Å²) in [7, 11) is 0. The minimum Gasteiger partial charge on any atom is -0.504 e. The van der Waals surface area contributed by atoms with Crippen LogP contribution in [0.4, 0.5) is 0 Å². The molecule has 1 aliphatic rings. The van der Waals surface area contributed by atoms with E-state index >= 15 is 0 Å². The van der Waals surface area contributed by atoms with E-state index in [1.807, 2.05) is 6.92 Å². The number of fused-ring (bicyclic) bond motifs is 1. The van der Waals surface area contributed by atoms with Crippen LogP contribution in [0.5, 0.6) is 17.2 Å². The van der Waals surface area contributed by atoms with Crippen LogP contribution in [0.2, 0.25) is 0 Å². The van der Waals surface area contributed by atoms with E-state index in [1.54, 1.807) is 0 Å². The highest BCUT2D eigenvalue weighted by Gasteiger charge is 2.39. The average molecular weight is 298 g/mol. The van der Waals surface area contributed by atoms with Gasteiger partial charge in [0, 0.05) is 12.0 Å². The zero-order valence-corrected chi connectivity index (χ0v) is 11.5. The molecule has 0 fully saturated rings. The summed E-state index contributed by atoms with van der Waals surface area (Å²) in [4.78, 5) is 11.9. The maximum absolute atomic E-state index is 11.9. The Labute approximate surface area is 121 Å². The van der Waals surface area contributed by atoms with Gasteiger partial charge < -0.3 is 30.3 Å². The first kappa shape index (κ1) is 15.4. The molecule has 3 atom stereocenters. The van der Waals surface area contributed by atoms with E-state index < -0.39 is 41.5 Å². The predicted molar refractivity (Wildman–Crippen MR) is 71.1 cm³/mol. The second-order valence-corrected chi connectivity index (χ2v) is 5.12. The van der Waals surface area contributed by atoms with Crippen molar-refractivity contribution in [2.24, 2.45) is 0 Å². The highest BCUT2D eigenvalue weighted by molar-refractivity contribution is 5.97. The van der Waals surface area contributed by atoms with Gasteiger partial charge in [-0.3, -0.25) is 0 Å². The maximum Gasteiger partial charge on any atom is 0.342 e. The molecule has 0 spiro atoms. The Kier molecular flexibility index (Phi) is 4.24. The largest absolute Gasteiger partial charge is 0.504 e. The highest BCUT2D eigenvalue weighted by atomic mass is 16.6. The Balaban J connectivity index is 2.35. The van der Waals surface area contributed by atoms with Gasteiger partial charge in [-0.05, 0) is 12.5 Å². The van der Waals surface area contributed by atoms with Gasteiger partial charge in [-0.2, -0.15) is 0 Å². The van der Waals surface area contributed by atoms with Gasteiger partial charge in [0.1, 0.15) is 17.8 Å². The highest BCUT2D eigenvalue weighted by Crippen LogP contribution is 2.45. The molecule has 7 nitrogen and oxygen atoms in total. The first-order chi connectivity index (χ1) is 9.86. The van der Waals surface area contributed by atoms with Crippen molar-refractivity contribution in [1.82, 2.24) is 0 Å². The lowest BCUT2D eigenvalue weighted by Gasteiger charge is -2.31. The molecular formula is C14H18O7. The molecule has 5 N–H and O–H groups in total. The second-order valence-electron chi connectivity index (χ2n) is 5.12. The van der Waals surface area contributed by atoms with Crippen molar-refractivity contribution < 1.29 is 35.1 Å². The third-order valence-electron chi connectivity index (χ3n) is 3.54. The van der Waals surface area contributed by atoms with Crippen molar-refractivity contribution in [2.45, 2.75) is 44.5 Å². The second kappa shape index (κ2) is 5.79. The number of phenolic OH excluding ortho intramolecular Hbond substituents is 3. The summed E-state index contributed by atoms with van der Waals surface area (Å²) in [6.07, 6.45) is -1.73. The fourth-order valence-corrected chi connectivity index (χ4v) is 2.47. The molecule has 2 rings (SSSR count). The molecule has 0 aliphatic carbocycles. The number of ether oxygens (including phenoxy) is 1. The molecule has 0 saturated heterocycles. The number of phenols is 3. The summed E-state index contributed by atoms with van der Waals surface area (Å²) >= 11 is 0. The van der Waals surface area contributed by atoms with Crippen molar-refractivity contribution in [2.75, 3.05) is 0 Å². The molecule has 0 amide bonds. The van der Waals surface area contributed by atoms with Gasteiger partial charge in [0.05, 0.1) is 6.10 Å². The molecule has 0 aromatic heterocycles. The topological polar surface area (TPSA) is 127 Å². The number of aliphatic hydroxyl groups excluding tert-OH is 2. The number of cyclic esters (lactones) is 1. The van der Waals surface area contributed by atoms with Crippen LogP contribution in [0.25, 0.3) is 0 Å². The molecule has 0 bridgehead atoms. The maximum atomic E-state index is 11.9. The minimum atomic E-state index is -1.30. The molecular weight excluding hydrogens is 280 g/mol. The third kappa shape index (κ3) is 2.74. The standard InChI is InChI=1S/C14H18O7/c1-2-3-6(15)4-9-11(17)7-5-8(16)12(18)13(19)10(7)14(20)21-9/h5-6,9,11,15-19H,2-4H2,1H3/t6-,9-,11-/m1/s1. The number of carbonyl (C=O) groups excluding carboxylic acids is 1. The van der Waals surface area contributed by atoms with Crippen LogP contribution in [0.3, 0.4) is 0 Å². The van der Waals surface area contributed by atoms with E-state index in [1.165, 1.54) is 0 Å². The smallest absolute Gasteiger partial charge is 0.342 e. The Morgan fingerprint density at radius 3 is 2.57 bits per heavy atom. The molecule has 0 unspecified atom stereocenters. The molecule has 116 valence electrons. The molecule has 1 aliphatic heterocycles. The number of benzene rings is 1. The van der Waals surface area contributed by atoms with E-state index in [4.69, 9.17) is 4.74 Å². The molecule has 1 heterocycles. The van der Waals surface area contributed by atoms with Crippen molar-refractivity contribution >= 4 is 5.97 Å². The van der Waals surface area contributed by atoms with Crippen LogP contribution in [0.1, 0.15) is 48.2 Å². The number of hydrogen-bond acceptors (Lipinski definition) is 7. The zero-order valence-electron chi connectivity index (χ0n) is 11.5. The Morgan fingerprint density at radius 1 is 1.29 bits per heavy atom. The summed E-state index contributed by atoms with van der Waals surface area (Å²) in [6.45, 7) is 1.89. The number of rotatable bonds is 4. The molecule has 21 heavy (non-hydrogen) atoms. The number of esters is 1. The van der Waals surface area contributed by atoms with E-state index in [0.717, 1.165) is 12.5 Å². The normalized spacial score (nSPS) is 22.5. The quantitative estimate of drug-likeness (QED) is 0.413. The van der Waals surface area contributed by atoms with Crippen LogP contribution in [-0.4, -0.2) is 43.7 Å². The van der Waals surface area contributed by atoms with Gasteiger partial charge in [-0.15, -0.1) is 0 Å². The lowest BCUT2D eigenvalue weighted by molar-refractivity contribution is -0.0485. The minimum absolute atomic E-state index is 0.0345. The van der Waals surface area contributed by atoms with E-state index in [0.29, 0.717) is 6.42 Å². The number of aliphatic hydroxyl groups is 2. The van der Waals surface area contributed by atoms with E-state index in [-0.39, 0.29) is 17.5 Å². The van der Waals surface area contributed by atoms with Crippen molar-refractivity contribution in [3.63, 3.8) is 0 Å². The third-order valence-corrected chi connectivity index (χ3v) is 3.54. The monoisotopic (exact) mass is 298 g/mol. The van der Waals surface area contributed by atoms with Gasteiger partial charge in [0.15, 0.2) is 11.5 Å². The van der Waals surface area contributed by atoms with E-state index in [9.17, 15) is 30.3 Å². The van der Waals surface area contributed by atoms with Crippen LogP contribution in [0, 0.1) is 0 Å². The van der Waals surface area contributed by atoms with Gasteiger partial charge in [0.2, 0.25) is 5.75 Å². The summed E-state index contributed by atoms with van der Waals surface area (Å²) in [5, 5.41) is 48.6. The molecule has 0 saturated carbocycles. The zero-order chi connectivity index (χ0) is 15.7. The number of hydrogen-bond donors (Lipinski definition) is 5. The SMILES string of the molecule is CCC[C@@H](O)C[C@H]1OC(=O)c2c(cc(O)c(O)c2O)[C@H]1O. The van der Waals surface area contributed by atoms with Crippen LogP contribution >= 0.6 is 0 Å². The van der Waals surface area contributed by atoms with Crippen molar-refractivity contribution in [3.05, 3.63) is 17.2 Å². The summed E-state index contributed by atoms with van der Waals surface area (Å²) in [5.41, 5.74) is -0.410. The molecule has 1 aromatic rings. The summed E-state index contributed by atoms with van der Waals surface area (Å²) < 4.78 is 5.02. The number of carbonyl (C=O) groups is 1. The lowest BCUT2D eigenvalue weighted by Crippen LogP contribution is -2.35. The van der Waals surface area contributed by atoms with Crippen LogP contribution < -0.4 is 0 Å². The van der Waals surface area contributed by atoms with E-state index in [2.05, 4.69) is 0 Å². The average Bonchev–Trinajstić information content (AvgIpc) is 2.41. The lowest BCUT2D eigenvalue weighted by atomic mass is 9.91. The summed E-state index contributed by atoms with van der Waals surface area (Å²) in [5.74, 6) is -3.24. The Hall–Kier alpha value is -1.99. The van der Waals surface area contributed by atoms with Crippen molar-refractivity contribution in [3.8, 4) is 17.2 Å². The Bertz CT molecular complexity index is 555. The van der Waals surface area contributed by atoms with Crippen molar-refractivity contribution in [1.29, 1.82) is 0 Å². The first-order valence-corrected chi connectivity index (χ1v) is 6.71. The van der Waals surface area contributed by atoms with Crippen LogP contribution in [-0.2, 0) is 4.74 Å². The predicted octanol–water partition coefficient (Wildman–Crippen LogP) is 0.927. The van der Waals surface area contributed by atoms with Gasteiger partial charge in [0.25, 0.3) is 0 Å². The molecule has 0 radical (unpaired) electrons. The Morgan fingerprint density at radius 2 is 1.95 bits per heavy atom. The fraction of sp³-hybridized carbons (Fsp3) is 0.500. The summed E-state index contributed by atoms with van der Waals surface area (Å²) in [6, 6.07) is 1.01. The van der Waals surface area contributed by atoms with Gasteiger partial charge >= 0.3 is 5.97 Å². The van der Waals surface area contributed by atoms with Gasteiger partial charge in [-0.25, -0.2) is 4.79 Å². The first-order valence-electron chi connectivity index (χ1n) is 6.71.